The fourth-order valence-corrected chi connectivity index (χ4v) is 5.02. The predicted molar refractivity (Wildman–Crippen MR) is 132 cm³/mol. The lowest BCUT2D eigenvalue weighted by molar-refractivity contribution is -0.145. The molecule has 38 heavy (non-hydrogen) atoms. The minimum absolute atomic E-state index is 0.0932. The van der Waals surface area contributed by atoms with E-state index in [1.807, 2.05) is 0 Å². The molecule has 1 aromatic heterocycles. The topological polar surface area (TPSA) is 165 Å². The first-order valence-corrected chi connectivity index (χ1v) is 13.1. The van der Waals surface area contributed by atoms with E-state index in [0.717, 1.165) is 12.8 Å². The SMILES string of the molecule is C=C[C@@H]1C[C@]1(NC(=O)[C@@H]1C[C@@H]2CN1C(=O)[C@@H](C(C)C)NC(=O)OCCCCCn1cc(nn1)CO2)C(=O)O. The summed E-state index contributed by atoms with van der Waals surface area (Å²) in [6.07, 6.45) is 4.80. The van der Waals surface area contributed by atoms with E-state index < -0.39 is 53.5 Å². The predicted octanol–water partition coefficient (Wildman–Crippen LogP) is 0.844. The molecule has 4 rings (SSSR count). The Hall–Kier alpha value is -3.48. The molecular weight excluding hydrogens is 496 g/mol. The Balaban J connectivity index is 1.56. The Kier molecular flexibility index (Phi) is 8.34. The maximum absolute atomic E-state index is 13.7. The summed E-state index contributed by atoms with van der Waals surface area (Å²) >= 11 is 0. The molecular formula is C25H36N6O7. The van der Waals surface area contributed by atoms with Crippen molar-refractivity contribution in [1.82, 2.24) is 30.5 Å². The van der Waals surface area contributed by atoms with E-state index >= 15 is 0 Å². The lowest BCUT2D eigenvalue weighted by Gasteiger charge is -2.30. The molecule has 208 valence electrons. The van der Waals surface area contributed by atoms with Gasteiger partial charge in [0.25, 0.3) is 0 Å². The van der Waals surface area contributed by atoms with Crippen LogP contribution in [0.25, 0.3) is 0 Å². The number of hydrogen-bond donors (Lipinski definition) is 3. The zero-order valence-electron chi connectivity index (χ0n) is 21.8. The molecule has 0 spiro atoms. The highest BCUT2D eigenvalue weighted by molar-refractivity contribution is 5.96. The molecule has 13 heteroatoms. The summed E-state index contributed by atoms with van der Waals surface area (Å²) in [5.41, 5.74) is -0.805. The van der Waals surface area contributed by atoms with Crippen molar-refractivity contribution in [2.24, 2.45) is 11.8 Å². The molecule has 1 saturated heterocycles. The van der Waals surface area contributed by atoms with Crippen LogP contribution in [0.1, 0.15) is 51.6 Å². The van der Waals surface area contributed by atoms with Crippen LogP contribution in [0.4, 0.5) is 4.79 Å². The third kappa shape index (κ3) is 5.98. The van der Waals surface area contributed by atoms with Crippen molar-refractivity contribution in [2.45, 2.75) is 82.8 Å². The molecule has 4 bridgehead atoms. The van der Waals surface area contributed by atoms with Crippen LogP contribution in [0, 0.1) is 11.8 Å². The molecule has 2 fully saturated rings. The van der Waals surface area contributed by atoms with Crippen molar-refractivity contribution >= 4 is 23.9 Å². The average molecular weight is 533 g/mol. The summed E-state index contributed by atoms with van der Waals surface area (Å²) in [6.45, 7) is 8.34. The number of carboxylic acids is 1. The van der Waals surface area contributed by atoms with Gasteiger partial charge in [0.1, 0.15) is 23.3 Å². The van der Waals surface area contributed by atoms with Crippen LogP contribution < -0.4 is 10.6 Å². The summed E-state index contributed by atoms with van der Waals surface area (Å²) < 4.78 is 13.0. The smallest absolute Gasteiger partial charge is 0.407 e. The van der Waals surface area contributed by atoms with Gasteiger partial charge in [-0.25, -0.2) is 9.59 Å². The van der Waals surface area contributed by atoms with Gasteiger partial charge in [-0.2, -0.15) is 0 Å². The van der Waals surface area contributed by atoms with Gasteiger partial charge in [-0.1, -0.05) is 25.1 Å². The van der Waals surface area contributed by atoms with Gasteiger partial charge in [-0.05, 0) is 31.6 Å². The first-order valence-electron chi connectivity index (χ1n) is 13.1. The Morgan fingerprint density at radius 3 is 2.79 bits per heavy atom. The number of rotatable bonds is 5. The number of ether oxygens (including phenoxy) is 2. The summed E-state index contributed by atoms with van der Waals surface area (Å²) in [6, 6.07) is -1.92. The quantitative estimate of drug-likeness (QED) is 0.466. The number of aliphatic carboxylic acids is 1. The highest BCUT2D eigenvalue weighted by Gasteiger charge is 2.61. The molecule has 3 aliphatic rings. The second kappa shape index (κ2) is 11.5. The zero-order chi connectivity index (χ0) is 27.4. The Morgan fingerprint density at radius 2 is 2.11 bits per heavy atom. The minimum atomic E-state index is -1.43. The van der Waals surface area contributed by atoms with Crippen molar-refractivity contribution in [1.29, 1.82) is 0 Å². The van der Waals surface area contributed by atoms with Crippen LogP contribution in [-0.4, -0.2) is 85.8 Å². The van der Waals surface area contributed by atoms with Crippen molar-refractivity contribution < 1.29 is 33.8 Å². The normalized spacial score (nSPS) is 30.6. The summed E-state index contributed by atoms with van der Waals surface area (Å²) in [5, 5.41) is 23.3. The molecule has 13 nitrogen and oxygen atoms in total. The fraction of sp³-hybridized carbons (Fsp3) is 0.680. The average Bonchev–Trinajstić information content (AvgIpc) is 3.19. The maximum atomic E-state index is 13.7. The molecule has 1 saturated carbocycles. The number of carbonyl (C=O) groups is 4. The largest absolute Gasteiger partial charge is 0.479 e. The second-order valence-corrected chi connectivity index (χ2v) is 10.5. The summed E-state index contributed by atoms with van der Waals surface area (Å²) in [4.78, 5) is 52.9. The number of amides is 3. The van der Waals surface area contributed by atoms with Crippen LogP contribution in [-0.2, 0) is 37.0 Å². The monoisotopic (exact) mass is 532 g/mol. The van der Waals surface area contributed by atoms with Crippen molar-refractivity contribution in [3.63, 3.8) is 0 Å². The number of aryl methyl sites for hydroxylation is 1. The van der Waals surface area contributed by atoms with Crippen LogP contribution in [0.2, 0.25) is 0 Å². The maximum Gasteiger partial charge on any atom is 0.407 e. The first kappa shape index (κ1) is 27.6. The standard InChI is InChI=1S/C25H36N6O7/c1-4-16-11-25(16,23(34)35)27-21(32)19-10-18-13-31(19)22(33)20(15(2)3)26-24(36)37-9-7-5-6-8-30-12-17(14-38-18)28-29-30/h4,12,15-16,18-20H,1,5-11,13-14H2,2-3H3,(H,26,36)(H,27,32)(H,34,35)/t16-,18-,19+,20-,25-/m1/s1. The van der Waals surface area contributed by atoms with Gasteiger partial charge in [0.2, 0.25) is 11.8 Å². The second-order valence-electron chi connectivity index (χ2n) is 10.5. The first-order chi connectivity index (χ1) is 18.1. The highest BCUT2D eigenvalue weighted by Crippen LogP contribution is 2.45. The van der Waals surface area contributed by atoms with Crippen molar-refractivity contribution in [3.05, 3.63) is 24.5 Å². The lowest BCUT2D eigenvalue weighted by Crippen LogP contribution is -2.57. The minimum Gasteiger partial charge on any atom is -0.479 e. The number of aromatic nitrogens is 3. The lowest BCUT2D eigenvalue weighted by atomic mass is 10.0. The van der Waals surface area contributed by atoms with E-state index in [4.69, 9.17) is 9.47 Å². The van der Waals surface area contributed by atoms with E-state index in [9.17, 15) is 24.3 Å². The van der Waals surface area contributed by atoms with E-state index in [-0.39, 0.29) is 38.5 Å². The molecule has 3 amide bonds. The Labute approximate surface area is 220 Å². The molecule has 0 radical (unpaired) electrons. The number of alkyl carbamates (subject to hydrolysis) is 1. The number of cyclic esters (lactones) is 1. The Bertz CT molecular complexity index is 1070. The van der Waals surface area contributed by atoms with E-state index in [0.29, 0.717) is 18.7 Å². The zero-order valence-corrected chi connectivity index (χ0v) is 21.8. The number of nitrogens with one attached hydrogen (secondary N) is 2. The number of carboxylic acid groups (broad SMARTS) is 1. The number of hydrogen-bond acceptors (Lipinski definition) is 8. The van der Waals surface area contributed by atoms with E-state index in [1.54, 1.807) is 24.7 Å². The number of fused-ring (bicyclic) bond motifs is 4. The molecule has 0 aromatic carbocycles. The third-order valence-electron chi connectivity index (χ3n) is 7.40. The van der Waals surface area contributed by atoms with Crippen molar-refractivity contribution in [3.8, 4) is 0 Å². The molecule has 0 unspecified atom stereocenters. The van der Waals surface area contributed by atoms with Crippen LogP contribution in [0.5, 0.6) is 0 Å². The van der Waals surface area contributed by atoms with Crippen molar-refractivity contribution in [2.75, 3.05) is 13.2 Å². The number of carbonyl (C=O) groups excluding carboxylic acids is 3. The summed E-state index contributed by atoms with van der Waals surface area (Å²) in [5.74, 6) is -2.89. The molecule has 2 aliphatic heterocycles. The van der Waals surface area contributed by atoms with E-state index in [2.05, 4.69) is 27.5 Å². The van der Waals surface area contributed by atoms with E-state index in [1.165, 1.54) is 11.0 Å². The highest BCUT2D eigenvalue weighted by atomic mass is 16.5. The van der Waals surface area contributed by atoms with Gasteiger partial charge in [0.05, 0.1) is 25.5 Å². The van der Waals surface area contributed by atoms with Gasteiger partial charge in [0.15, 0.2) is 0 Å². The van der Waals surface area contributed by atoms with Gasteiger partial charge >= 0.3 is 12.1 Å². The molecule has 3 N–H and O–H groups in total. The molecule has 1 aliphatic carbocycles. The number of nitrogens with zero attached hydrogens (tertiary/aromatic N) is 4. The van der Waals surface area contributed by atoms with Crippen LogP contribution in [0.15, 0.2) is 18.9 Å². The van der Waals surface area contributed by atoms with Crippen LogP contribution in [0.3, 0.4) is 0 Å². The Morgan fingerprint density at radius 1 is 1.32 bits per heavy atom. The van der Waals surface area contributed by atoms with Gasteiger partial charge in [-0.3, -0.25) is 14.3 Å². The fourth-order valence-electron chi connectivity index (χ4n) is 5.02. The third-order valence-corrected chi connectivity index (χ3v) is 7.40. The van der Waals surface area contributed by atoms with Gasteiger partial charge < -0.3 is 30.1 Å². The molecule has 1 aromatic rings. The molecule has 5 atom stereocenters. The van der Waals surface area contributed by atoms with Gasteiger partial charge in [0, 0.05) is 25.4 Å². The van der Waals surface area contributed by atoms with Crippen LogP contribution >= 0.6 is 0 Å². The summed E-state index contributed by atoms with van der Waals surface area (Å²) in [7, 11) is 0. The molecule has 3 heterocycles. The van der Waals surface area contributed by atoms with Gasteiger partial charge in [-0.15, -0.1) is 11.7 Å².